The zero-order valence-electron chi connectivity index (χ0n) is 10.1. The highest BCUT2D eigenvalue weighted by molar-refractivity contribution is 8.00. The number of hydrogen-bond acceptors (Lipinski definition) is 4. The van der Waals surface area contributed by atoms with Gasteiger partial charge < -0.3 is 0 Å². The second-order valence-corrected chi connectivity index (χ2v) is 5.01. The molecule has 2 aromatic rings. The molecule has 0 N–H and O–H groups in total. The van der Waals surface area contributed by atoms with Gasteiger partial charge in [-0.3, -0.25) is 9.78 Å². The molecule has 0 aliphatic rings. The van der Waals surface area contributed by atoms with Gasteiger partial charge in [-0.15, -0.1) is 0 Å². The first kappa shape index (κ1) is 12.8. The minimum atomic E-state index is -0.107. The van der Waals surface area contributed by atoms with Crippen LogP contribution in [0.3, 0.4) is 0 Å². The molecule has 92 valence electrons. The van der Waals surface area contributed by atoms with Crippen LogP contribution in [0.4, 0.5) is 0 Å². The Kier molecular flexibility index (Phi) is 4.47. The number of nitrogens with zero attached hydrogens (tertiary/aromatic N) is 2. The molecule has 0 bridgehead atoms. The molecular formula is C14H14N2OS. The fourth-order valence-electron chi connectivity index (χ4n) is 1.60. The van der Waals surface area contributed by atoms with Crippen LogP contribution in [0.5, 0.6) is 0 Å². The van der Waals surface area contributed by atoms with Gasteiger partial charge in [-0.25, -0.2) is 4.98 Å². The first-order valence-electron chi connectivity index (χ1n) is 5.83. The number of carbonyl (C=O) groups is 1. The van der Waals surface area contributed by atoms with E-state index in [-0.39, 0.29) is 11.0 Å². The van der Waals surface area contributed by atoms with Gasteiger partial charge in [0, 0.05) is 18.0 Å². The van der Waals surface area contributed by atoms with E-state index < -0.39 is 0 Å². The number of rotatable bonds is 5. The molecule has 0 saturated carbocycles. The highest BCUT2D eigenvalue weighted by atomic mass is 32.2. The average molecular weight is 258 g/mol. The lowest BCUT2D eigenvalue weighted by atomic mass is 10.1. The number of thioether (sulfide) groups is 1. The summed E-state index contributed by atoms with van der Waals surface area (Å²) in [5.74, 6) is 0.147. The second-order valence-electron chi connectivity index (χ2n) is 3.79. The lowest BCUT2D eigenvalue weighted by molar-refractivity contribution is 0.0988. The molecule has 2 rings (SSSR count). The van der Waals surface area contributed by atoms with Crippen LogP contribution in [-0.2, 0) is 0 Å². The molecular weight excluding hydrogens is 244 g/mol. The molecule has 1 unspecified atom stereocenters. The zero-order valence-corrected chi connectivity index (χ0v) is 10.9. The number of hydrogen-bond donors (Lipinski definition) is 0. The normalized spacial score (nSPS) is 12.1. The summed E-state index contributed by atoms with van der Waals surface area (Å²) in [6.45, 7) is 2.01. The number of Topliss-reactive ketones (excluding diaryl/α,β-unsaturated/α-hetero) is 1. The molecule has 1 aromatic carbocycles. The molecule has 3 nitrogen and oxygen atoms in total. The Morgan fingerprint density at radius 1 is 1.28 bits per heavy atom. The van der Waals surface area contributed by atoms with E-state index in [1.54, 1.807) is 18.6 Å². The Labute approximate surface area is 111 Å². The highest BCUT2D eigenvalue weighted by Gasteiger charge is 2.19. The van der Waals surface area contributed by atoms with Gasteiger partial charge in [-0.05, 0) is 6.42 Å². The van der Waals surface area contributed by atoms with Crippen LogP contribution in [0.15, 0.2) is 53.9 Å². The Morgan fingerprint density at radius 3 is 2.67 bits per heavy atom. The number of carbonyl (C=O) groups excluding carboxylic acids is 1. The van der Waals surface area contributed by atoms with E-state index in [0.29, 0.717) is 0 Å². The van der Waals surface area contributed by atoms with Gasteiger partial charge >= 0.3 is 0 Å². The summed E-state index contributed by atoms with van der Waals surface area (Å²) in [6, 6.07) is 9.37. The summed E-state index contributed by atoms with van der Waals surface area (Å²) >= 11 is 1.47. The van der Waals surface area contributed by atoms with Crippen LogP contribution < -0.4 is 0 Å². The monoisotopic (exact) mass is 258 g/mol. The molecule has 0 aliphatic carbocycles. The number of benzene rings is 1. The molecule has 0 radical (unpaired) electrons. The van der Waals surface area contributed by atoms with Crippen molar-refractivity contribution in [1.82, 2.24) is 9.97 Å². The van der Waals surface area contributed by atoms with Gasteiger partial charge in [0.2, 0.25) is 0 Å². The van der Waals surface area contributed by atoms with E-state index in [1.165, 1.54) is 11.8 Å². The first-order valence-corrected chi connectivity index (χ1v) is 6.71. The predicted octanol–water partition coefficient (Wildman–Crippen LogP) is 3.23. The van der Waals surface area contributed by atoms with Crippen LogP contribution in [0.25, 0.3) is 0 Å². The molecule has 4 heteroatoms. The van der Waals surface area contributed by atoms with Gasteiger partial charge in [0.05, 0.1) is 11.4 Å². The summed E-state index contributed by atoms with van der Waals surface area (Å²) in [5, 5.41) is 0.678. The third-order valence-electron chi connectivity index (χ3n) is 2.52. The topological polar surface area (TPSA) is 42.9 Å². The smallest absolute Gasteiger partial charge is 0.176 e. The van der Waals surface area contributed by atoms with E-state index in [1.807, 2.05) is 37.3 Å². The summed E-state index contributed by atoms with van der Waals surface area (Å²) in [4.78, 5) is 20.5. The van der Waals surface area contributed by atoms with Crippen molar-refractivity contribution < 1.29 is 4.79 Å². The molecule has 1 heterocycles. The lowest BCUT2D eigenvalue weighted by Crippen LogP contribution is -2.16. The van der Waals surface area contributed by atoms with Crippen molar-refractivity contribution in [1.29, 1.82) is 0 Å². The van der Waals surface area contributed by atoms with Crippen molar-refractivity contribution in [3.05, 3.63) is 54.5 Å². The molecule has 1 aromatic heterocycles. The summed E-state index contributed by atoms with van der Waals surface area (Å²) in [5.41, 5.74) is 0.751. The largest absolute Gasteiger partial charge is 0.293 e. The van der Waals surface area contributed by atoms with Gasteiger partial charge in [-0.1, -0.05) is 49.0 Å². The van der Waals surface area contributed by atoms with Crippen LogP contribution >= 0.6 is 11.8 Å². The van der Waals surface area contributed by atoms with E-state index >= 15 is 0 Å². The summed E-state index contributed by atoms with van der Waals surface area (Å²) < 4.78 is 0. The minimum absolute atomic E-state index is 0.107. The highest BCUT2D eigenvalue weighted by Crippen LogP contribution is 2.25. The zero-order chi connectivity index (χ0) is 12.8. The van der Waals surface area contributed by atoms with Gasteiger partial charge in [0.25, 0.3) is 0 Å². The van der Waals surface area contributed by atoms with E-state index in [0.717, 1.165) is 17.0 Å². The van der Waals surface area contributed by atoms with E-state index in [2.05, 4.69) is 9.97 Å². The van der Waals surface area contributed by atoms with Crippen molar-refractivity contribution in [3.8, 4) is 0 Å². The molecule has 1 atom stereocenters. The van der Waals surface area contributed by atoms with Crippen molar-refractivity contribution >= 4 is 17.5 Å². The maximum Gasteiger partial charge on any atom is 0.176 e. The van der Waals surface area contributed by atoms with Crippen LogP contribution in [0, 0.1) is 0 Å². The van der Waals surface area contributed by atoms with Gasteiger partial charge in [-0.2, -0.15) is 0 Å². The molecule has 0 saturated heterocycles. The van der Waals surface area contributed by atoms with Gasteiger partial charge in [0.15, 0.2) is 5.78 Å². The van der Waals surface area contributed by atoms with Crippen LogP contribution in [-0.4, -0.2) is 21.0 Å². The number of ketones is 1. The van der Waals surface area contributed by atoms with Crippen molar-refractivity contribution in [3.63, 3.8) is 0 Å². The third kappa shape index (κ3) is 3.17. The lowest BCUT2D eigenvalue weighted by Gasteiger charge is -2.12. The molecule has 0 fully saturated rings. The number of aromatic nitrogens is 2. The Hall–Kier alpha value is -1.68. The Balaban J connectivity index is 2.12. The molecule has 0 amide bonds. The maximum atomic E-state index is 12.3. The molecule has 0 aliphatic heterocycles. The van der Waals surface area contributed by atoms with E-state index in [4.69, 9.17) is 0 Å². The quantitative estimate of drug-likeness (QED) is 0.610. The van der Waals surface area contributed by atoms with Crippen molar-refractivity contribution in [2.45, 2.75) is 23.6 Å². The van der Waals surface area contributed by atoms with Gasteiger partial charge in [0.1, 0.15) is 5.03 Å². The molecule has 0 spiro atoms. The second kappa shape index (κ2) is 6.31. The fourth-order valence-corrected chi connectivity index (χ4v) is 2.55. The Morgan fingerprint density at radius 2 is 2.06 bits per heavy atom. The average Bonchev–Trinajstić information content (AvgIpc) is 2.46. The van der Waals surface area contributed by atoms with Crippen molar-refractivity contribution in [2.24, 2.45) is 0 Å². The Bertz CT molecular complexity index is 502. The molecule has 18 heavy (non-hydrogen) atoms. The summed E-state index contributed by atoms with van der Waals surface area (Å²) in [6.07, 6.45) is 5.73. The van der Waals surface area contributed by atoms with Crippen LogP contribution in [0.2, 0.25) is 0 Å². The third-order valence-corrected chi connectivity index (χ3v) is 3.81. The minimum Gasteiger partial charge on any atom is -0.293 e. The summed E-state index contributed by atoms with van der Waals surface area (Å²) in [7, 11) is 0. The standard InChI is InChI=1S/C14H14N2OS/c1-2-12(18-13-10-15-8-9-16-13)14(17)11-6-4-3-5-7-11/h3-10,12H,2H2,1H3. The first-order chi connectivity index (χ1) is 8.81. The van der Waals surface area contributed by atoms with Crippen molar-refractivity contribution in [2.75, 3.05) is 0 Å². The predicted molar refractivity (Wildman–Crippen MR) is 72.7 cm³/mol. The fraction of sp³-hybridized carbons (Fsp3) is 0.214. The van der Waals surface area contributed by atoms with Crippen LogP contribution in [0.1, 0.15) is 23.7 Å². The SMILES string of the molecule is CCC(Sc1cnccn1)C(=O)c1ccccc1. The van der Waals surface area contributed by atoms with E-state index in [9.17, 15) is 4.79 Å². The maximum absolute atomic E-state index is 12.3.